The van der Waals surface area contributed by atoms with Crippen LogP contribution in [0.4, 0.5) is 0 Å². The summed E-state index contributed by atoms with van der Waals surface area (Å²) in [5.41, 5.74) is 0. The first kappa shape index (κ1) is 12.9. The van der Waals surface area contributed by atoms with Crippen molar-refractivity contribution in [3.63, 3.8) is 0 Å². The third-order valence-corrected chi connectivity index (χ3v) is 3.59. The van der Waals surface area contributed by atoms with Crippen molar-refractivity contribution in [1.82, 2.24) is 4.90 Å². The Labute approximate surface area is 93.4 Å². The highest BCUT2D eigenvalue weighted by Crippen LogP contribution is 2.15. The van der Waals surface area contributed by atoms with E-state index in [9.17, 15) is 5.11 Å². The highest BCUT2D eigenvalue weighted by Gasteiger charge is 2.22. The van der Waals surface area contributed by atoms with E-state index in [-0.39, 0.29) is 6.10 Å². The Morgan fingerprint density at radius 2 is 2.00 bits per heavy atom. The highest BCUT2D eigenvalue weighted by atomic mass is 16.5. The van der Waals surface area contributed by atoms with Gasteiger partial charge in [-0.15, -0.1) is 0 Å². The van der Waals surface area contributed by atoms with Crippen LogP contribution in [0, 0.1) is 5.92 Å². The van der Waals surface area contributed by atoms with E-state index in [1.165, 1.54) is 0 Å². The summed E-state index contributed by atoms with van der Waals surface area (Å²) in [5, 5.41) is 9.95. The zero-order valence-electron chi connectivity index (χ0n) is 10.3. The molecule has 0 bridgehead atoms. The van der Waals surface area contributed by atoms with Crippen molar-refractivity contribution >= 4 is 0 Å². The van der Waals surface area contributed by atoms with Crippen LogP contribution in [0.1, 0.15) is 33.1 Å². The molecule has 1 aliphatic rings. The van der Waals surface area contributed by atoms with Crippen molar-refractivity contribution in [3.8, 4) is 0 Å². The monoisotopic (exact) mass is 215 g/mol. The lowest BCUT2D eigenvalue weighted by Gasteiger charge is -2.33. The van der Waals surface area contributed by atoms with Crippen molar-refractivity contribution in [2.45, 2.75) is 45.3 Å². The Morgan fingerprint density at radius 3 is 2.53 bits per heavy atom. The van der Waals surface area contributed by atoms with Crippen molar-refractivity contribution in [3.05, 3.63) is 0 Å². The topological polar surface area (TPSA) is 32.7 Å². The minimum atomic E-state index is -0.192. The van der Waals surface area contributed by atoms with Gasteiger partial charge in [-0.1, -0.05) is 20.3 Å². The summed E-state index contributed by atoms with van der Waals surface area (Å²) in [5.74, 6) is 0.396. The molecule has 2 unspecified atom stereocenters. The molecule has 0 amide bonds. The second kappa shape index (κ2) is 6.46. The normalized spacial score (nSPS) is 23.0. The summed E-state index contributed by atoms with van der Waals surface area (Å²) in [6.07, 6.45) is 3.05. The molecule has 1 aliphatic heterocycles. The number of aliphatic hydroxyl groups excluding tert-OH is 1. The second-order valence-electron chi connectivity index (χ2n) is 4.74. The molecule has 1 saturated heterocycles. The molecule has 1 rings (SSSR count). The van der Waals surface area contributed by atoms with Crippen LogP contribution in [-0.2, 0) is 4.74 Å². The smallest absolute Gasteiger partial charge is 0.0692 e. The molecule has 15 heavy (non-hydrogen) atoms. The van der Waals surface area contributed by atoms with Crippen molar-refractivity contribution in [2.75, 3.05) is 26.8 Å². The molecule has 0 aromatic heterocycles. The number of hydrogen-bond acceptors (Lipinski definition) is 3. The van der Waals surface area contributed by atoms with Gasteiger partial charge < -0.3 is 14.7 Å². The third-order valence-electron chi connectivity index (χ3n) is 3.59. The minimum absolute atomic E-state index is 0.192. The minimum Gasteiger partial charge on any atom is -0.392 e. The molecule has 1 fully saturated rings. The van der Waals surface area contributed by atoms with E-state index in [0.717, 1.165) is 39.0 Å². The Morgan fingerprint density at radius 1 is 1.40 bits per heavy atom. The van der Waals surface area contributed by atoms with Gasteiger partial charge in [-0.2, -0.15) is 0 Å². The van der Waals surface area contributed by atoms with E-state index < -0.39 is 0 Å². The van der Waals surface area contributed by atoms with Gasteiger partial charge >= 0.3 is 0 Å². The molecule has 0 saturated carbocycles. The van der Waals surface area contributed by atoms with Gasteiger partial charge in [0.15, 0.2) is 0 Å². The standard InChI is InChI=1S/C12H25NO2/c1-4-10(2)12(14)9-13(3)11-5-7-15-8-6-11/h10-12,14H,4-9H2,1-3H3. The van der Waals surface area contributed by atoms with Crippen LogP contribution < -0.4 is 0 Å². The maximum absolute atomic E-state index is 9.95. The summed E-state index contributed by atoms with van der Waals surface area (Å²) in [6.45, 7) is 6.77. The molecule has 1 heterocycles. The fourth-order valence-electron chi connectivity index (χ4n) is 2.02. The van der Waals surface area contributed by atoms with Gasteiger partial charge in [0, 0.05) is 25.8 Å². The Balaban J connectivity index is 2.29. The van der Waals surface area contributed by atoms with Gasteiger partial charge in [0.1, 0.15) is 0 Å². The van der Waals surface area contributed by atoms with E-state index in [1.54, 1.807) is 0 Å². The predicted octanol–water partition coefficient (Wildman–Crippen LogP) is 1.50. The van der Waals surface area contributed by atoms with E-state index in [0.29, 0.717) is 12.0 Å². The molecule has 0 aliphatic carbocycles. The number of rotatable bonds is 5. The molecule has 2 atom stereocenters. The first-order chi connectivity index (χ1) is 7.15. The molecule has 0 spiro atoms. The maximum atomic E-state index is 9.95. The summed E-state index contributed by atoms with van der Waals surface area (Å²) in [7, 11) is 2.11. The molecule has 1 N–H and O–H groups in total. The number of nitrogens with zero attached hydrogens (tertiary/aromatic N) is 1. The lowest BCUT2D eigenvalue weighted by Crippen LogP contribution is -2.42. The zero-order valence-corrected chi connectivity index (χ0v) is 10.3. The molecule has 3 heteroatoms. The summed E-state index contributed by atoms with van der Waals surface area (Å²) in [6, 6.07) is 0.595. The highest BCUT2D eigenvalue weighted by molar-refractivity contribution is 4.75. The quantitative estimate of drug-likeness (QED) is 0.754. The summed E-state index contributed by atoms with van der Waals surface area (Å²) < 4.78 is 5.33. The van der Waals surface area contributed by atoms with Crippen LogP contribution in [0.25, 0.3) is 0 Å². The average Bonchev–Trinajstić information content (AvgIpc) is 2.29. The second-order valence-corrected chi connectivity index (χ2v) is 4.74. The molecule has 0 aromatic carbocycles. The number of hydrogen-bond donors (Lipinski definition) is 1. The van der Waals surface area contributed by atoms with Gasteiger partial charge in [-0.05, 0) is 25.8 Å². The van der Waals surface area contributed by atoms with Crippen LogP contribution >= 0.6 is 0 Å². The average molecular weight is 215 g/mol. The summed E-state index contributed by atoms with van der Waals surface area (Å²) >= 11 is 0. The number of likely N-dealkylation sites (N-methyl/N-ethyl adjacent to an activating group) is 1. The third kappa shape index (κ3) is 4.09. The molecule has 0 aromatic rings. The van der Waals surface area contributed by atoms with Crippen LogP contribution in [-0.4, -0.2) is 49.0 Å². The SMILES string of the molecule is CCC(C)C(O)CN(C)C1CCOCC1. The lowest BCUT2D eigenvalue weighted by molar-refractivity contribution is 0.0141. The summed E-state index contributed by atoms with van der Waals surface area (Å²) in [4.78, 5) is 2.29. The van der Waals surface area contributed by atoms with Crippen molar-refractivity contribution < 1.29 is 9.84 Å². The Hall–Kier alpha value is -0.120. The zero-order chi connectivity index (χ0) is 11.3. The van der Waals surface area contributed by atoms with Crippen LogP contribution in [0.3, 0.4) is 0 Å². The van der Waals surface area contributed by atoms with E-state index in [1.807, 2.05) is 0 Å². The van der Waals surface area contributed by atoms with Gasteiger partial charge in [-0.25, -0.2) is 0 Å². The molecular weight excluding hydrogens is 190 g/mol. The van der Waals surface area contributed by atoms with Gasteiger partial charge in [0.05, 0.1) is 6.10 Å². The fraction of sp³-hybridized carbons (Fsp3) is 1.00. The lowest BCUT2D eigenvalue weighted by atomic mass is 10.00. The Bertz CT molecular complexity index is 169. The largest absolute Gasteiger partial charge is 0.392 e. The molecular formula is C12H25NO2. The van der Waals surface area contributed by atoms with Gasteiger partial charge in [-0.3, -0.25) is 0 Å². The van der Waals surface area contributed by atoms with Crippen molar-refractivity contribution in [1.29, 1.82) is 0 Å². The fourth-order valence-corrected chi connectivity index (χ4v) is 2.02. The molecule has 90 valence electrons. The number of ether oxygens (including phenoxy) is 1. The van der Waals surface area contributed by atoms with Crippen LogP contribution in [0.15, 0.2) is 0 Å². The predicted molar refractivity (Wildman–Crippen MR) is 61.9 cm³/mol. The van der Waals surface area contributed by atoms with Crippen LogP contribution in [0.2, 0.25) is 0 Å². The van der Waals surface area contributed by atoms with E-state index in [2.05, 4.69) is 25.8 Å². The van der Waals surface area contributed by atoms with Gasteiger partial charge in [0.2, 0.25) is 0 Å². The molecule has 0 radical (unpaired) electrons. The Kier molecular flexibility index (Phi) is 5.58. The van der Waals surface area contributed by atoms with Crippen molar-refractivity contribution in [2.24, 2.45) is 5.92 Å². The molecule has 3 nitrogen and oxygen atoms in total. The van der Waals surface area contributed by atoms with Crippen LogP contribution in [0.5, 0.6) is 0 Å². The van der Waals surface area contributed by atoms with E-state index >= 15 is 0 Å². The first-order valence-corrected chi connectivity index (χ1v) is 6.11. The number of aliphatic hydroxyl groups is 1. The van der Waals surface area contributed by atoms with E-state index in [4.69, 9.17) is 4.74 Å². The maximum Gasteiger partial charge on any atom is 0.0692 e. The van der Waals surface area contributed by atoms with Gasteiger partial charge in [0.25, 0.3) is 0 Å². The first-order valence-electron chi connectivity index (χ1n) is 6.11.